The summed E-state index contributed by atoms with van der Waals surface area (Å²) in [5.41, 5.74) is 6.49. The van der Waals surface area contributed by atoms with Crippen molar-refractivity contribution in [2.75, 3.05) is 45.9 Å². The summed E-state index contributed by atoms with van der Waals surface area (Å²) in [6.45, 7) is 3.91. The molecule has 0 aliphatic carbocycles. The molecule has 2 heterocycles. The third-order valence-corrected chi connectivity index (χ3v) is 5.41. The molecule has 6 heteroatoms. The van der Waals surface area contributed by atoms with Crippen LogP contribution in [0.15, 0.2) is 30.3 Å². The Morgan fingerprint density at radius 1 is 1.00 bits per heavy atom. The Labute approximate surface area is 148 Å². The van der Waals surface area contributed by atoms with Gasteiger partial charge in [0.05, 0.1) is 11.8 Å². The Morgan fingerprint density at radius 3 is 2.20 bits per heavy atom. The van der Waals surface area contributed by atoms with Gasteiger partial charge < -0.3 is 20.3 Å². The SMILES string of the molecule is NCC1(C(=O)N2CCN(C(=O)Cc3ccccc3)CC2)CCOCC1. The first kappa shape index (κ1) is 17.9. The molecule has 0 saturated carbocycles. The molecule has 2 saturated heterocycles. The Morgan fingerprint density at radius 2 is 1.60 bits per heavy atom. The number of nitrogens with two attached hydrogens (primary N) is 1. The maximum atomic E-state index is 13.0. The number of hydrogen-bond donors (Lipinski definition) is 1. The van der Waals surface area contributed by atoms with E-state index in [9.17, 15) is 9.59 Å². The lowest BCUT2D eigenvalue weighted by Crippen LogP contribution is -2.57. The quantitative estimate of drug-likeness (QED) is 0.870. The first-order chi connectivity index (χ1) is 12.1. The van der Waals surface area contributed by atoms with Gasteiger partial charge in [-0.15, -0.1) is 0 Å². The Hall–Kier alpha value is -1.92. The number of benzene rings is 1. The van der Waals surface area contributed by atoms with Crippen molar-refractivity contribution in [2.45, 2.75) is 19.3 Å². The highest BCUT2D eigenvalue weighted by Gasteiger charge is 2.42. The van der Waals surface area contributed by atoms with Gasteiger partial charge in [0.15, 0.2) is 0 Å². The Balaban J connectivity index is 1.54. The molecule has 2 fully saturated rings. The van der Waals surface area contributed by atoms with E-state index < -0.39 is 5.41 Å². The molecule has 136 valence electrons. The predicted octanol–water partition coefficient (Wildman–Crippen LogP) is 0.655. The van der Waals surface area contributed by atoms with Crippen LogP contribution in [-0.2, 0) is 20.7 Å². The van der Waals surface area contributed by atoms with Gasteiger partial charge in [-0.25, -0.2) is 0 Å². The lowest BCUT2D eigenvalue weighted by Gasteiger charge is -2.42. The van der Waals surface area contributed by atoms with Gasteiger partial charge in [0.2, 0.25) is 11.8 Å². The molecule has 0 atom stereocenters. The van der Waals surface area contributed by atoms with E-state index in [1.54, 1.807) is 0 Å². The van der Waals surface area contributed by atoms with Crippen LogP contribution in [0.5, 0.6) is 0 Å². The van der Waals surface area contributed by atoms with Crippen LogP contribution in [0.2, 0.25) is 0 Å². The van der Waals surface area contributed by atoms with Crippen molar-refractivity contribution >= 4 is 11.8 Å². The largest absolute Gasteiger partial charge is 0.381 e. The fourth-order valence-corrected chi connectivity index (χ4v) is 3.64. The normalized spacial score (nSPS) is 20.4. The number of rotatable bonds is 4. The number of carbonyl (C=O) groups excluding carboxylic acids is 2. The molecule has 2 aliphatic heterocycles. The van der Waals surface area contributed by atoms with Crippen LogP contribution in [-0.4, -0.2) is 67.6 Å². The van der Waals surface area contributed by atoms with Crippen molar-refractivity contribution in [1.82, 2.24) is 9.80 Å². The maximum absolute atomic E-state index is 13.0. The van der Waals surface area contributed by atoms with E-state index in [4.69, 9.17) is 10.5 Å². The minimum absolute atomic E-state index is 0.123. The summed E-state index contributed by atoms with van der Waals surface area (Å²) in [6, 6.07) is 9.77. The van der Waals surface area contributed by atoms with Gasteiger partial charge in [-0.2, -0.15) is 0 Å². The van der Waals surface area contributed by atoms with E-state index >= 15 is 0 Å². The van der Waals surface area contributed by atoms with Crippen molar-refractivity contribution in [3.8, 4) is 0 Å². The van der Waals surface area contributed by atoms with Crippen LogP contribution in [0.1, 0.15) is 18.4 Å². The zero-order valence-electron chi connectivity index (χ0n) is 14.7. The fourth-order valence-electron chi connectivity index (χ4n) is 3.64. The molecule has 6 nitrogen and oxygen atoms in total. The van der Waals surface area contributed by atoms with E-state index in [-0.39, 0.29) is 11.8 Å². The van der Waals surface area contributed by atoms with Crippen molar-refractivity contribution in [1.29, 1.82) is 0 Å². The van der Waals surface area contributed by atoms with Crippen molar-refractivity contribution < 1.29 is 14.3 Å². The summed E-state index contributed by atoms with van der Waals surface area (Å²) in [7, 11) is 0. The maximum Gasteiger partial charge on any atom is 0.230 e. The Kier molecular flexibility index (Phi) is 5.71. The van der Waals surface area contributed by atoms with E-state index in [0.29, 0.717) is 65.2 Å². The van der Waals surface area contributed by atoms with E-state index in [1.165, 1.54) is 0 Å². The minimum Gasteiger partial charge on any atom is -0.381 e. The van der Waals surface area contributed by atoms with Crippen LogP contribution in [0.25, 0.3) is 0 Å². The van der Waals surface area contributed by atoms with Gasteiger partial charge in [-0.1, -0.05) is 30.3 Å². The van der Waals surface area contributed by atoms with Crippen molar-refractivity contribution in [3.05, 3.63) is 35.9 Å². The highest BCUT2D eigenvalue weighted by molar-refractivity contribution is 5.84. The number of nitrogens with zero attached hydrogens (tertiary/aromatic N) is 2. The second-order valence-corrected chi connectivity index (χ2v) is 6.93. The van der Waals surface area contributed by atoms with Crippen molar-refractivity contribution in [2.24, 2.45) is 11.1 Å². The van der Waals surface area contributed by atoms with Crippen LogP contribution in [0.4, 0.5) is 0 Å². The summed E-state index contributed by atoms with van der Waals surface area (Å²) in [6.07, 6.45) is 1.80. The van der Waals surface area contributed by atoms with E-state index in [1.807, 2.05) is 40.1 Å². The third-order valence-electron chi connectivity index (χ3n) is 5.41. The second-order valence-electron chi connectivity index (χ2n) is 6.93. The summed E-state index contributed by atoms with van der Waals surface area (Å²) < 4.78 is 5.39. The summed E-state index contributed by atoms with van der Waals surface area (Å²) in [5.74, 6) is 0.256. The molecule has 0 bridgehead atoms. The average Bonchev–Trinajstić information content (AvgIpc) is 2.69. The summed E-state index contributed by atoms with van der Waals surface area (Å²) in [5, 5.41) is 0. The highest BCUT2D eigenvalue weighted by atomic mass is 16.5. The predicted molar refractivity (Wildman–Crippen MR) is 94.8 cm³/mol. The van der Waals surface area contributed by atoms with Crippen molar-refractivity contribution in [3.63, 3.8) is 0 Å². The molecule has 25 heavy (non-hydrogen) atoms. The third kappa shape index (κ3) is 4.02. The van der Waals surface area contributed by atoms with Gasteiger partial charge >= 0.3 is 0 Å². The van der Waals surface area contributed by atoms with Crippen LogP contribution in [0.3, 0.4) is 0 Å². The molecule has 1 aromatic rings. The fraction of sp³-hybridized carbons (Fsp3) is 0.579. The molecular weight excluding hydrogens is 318 g/mol. The number of ether oxygens (including phenoxy) is 1. The lowest BCUT2D eigenvalue weighted by molar-refractivity contribution is -0.151. The first-order valence-corrected chi connectivity index (χ1v) is 9.03. The van der Waals surface area contributed by atoms with Gasteiger partial charge in [0, 0.05) is 45.9 Å². The van der Waals surface area contributed by atoms with Gasteiger partial charge in [0.25, 0.3) is 0 Å². The van der Waals surface area contributed by atoms with E-state index in [0.717, 1.165) is 5.56 Å². The molecular formula is C19H27N3O3. The number of piperazine rings is 1. The van der Waals surface area contributed by atoms with E-state index in [2.05, 4.69) is 0 Å². The molecule has 3 rings (SSSR count). The standard InChI is InChI=1S/C19H27N3O3/c20-15-19(6-12-25-13-7-19)18(24)22-10-8-21(9-11-22)17(23)14-16-4-2-1-3-5-16/h1-5H,6-15,20H2. The monoisotopic (exact) mass is 345 g/mol. The zero-order valence-corrected chi connectivity index (χ0v) is 14.7. The smallest absolute Gasteiger partial charge is 0.230 e. The molecule has 0 radical (unpaired) electrons. The summed E-state index contributed by atoms with van der Waals surface area (Å²) >= 11 is 0. The molecule has 0 spiro atoms. The average molecular weight is 345 g/mol. The van der Waals surface area contributed by atoms with Crippen LogP contribution < -0.4 is 5.73 Å². The van der Waals surface area contributed by atoms with Crippen LogP contribution >= 0.6 is 0 Å². The number of hydrogen-bond acceptors (Lipinski definition) is 4. The van der Waals surface area contributed by atoms with Gasteiger partial charge in [-0.05, 0) is 18.4 Å². The van der Waals surface area contributed by atoms with Crippen LogP contribution in [0, 0.1) is 5.41 Å². The molecule has 2 aliphatic rings. The second kappa shape index (κ2) is 7.97. The summed E-state index contributed by atoms with van der Waals surface area (Å²) in [4.78, 5) is 29.1. The highest BCUT2D eigenvalue weighted by Crippen LogP contribution is 2.32. The molecule has 0 aromatic heterocycles. The minimum atomic E-state index is -0.478. The van der Waals surface area contributed by atoms with Gasteiger partial charge in [0.1, 0.15) is 0 Å². The molecule has 1 aromatic carbocycles. The number of carbonyl (C=O) groups is 2. The molecule has 2 N–H and O–H groups in total. The first-order valence-electron chi connectivity index (χ1n) is 9.03. The number of amides is 2. The lowest BCUT2D eigenvalue weighted by atomic mass is 9.78. The zero-order chi connectivity index (χ0) is 17.7. The topological polar surface area (TPSA) is 75.9 Å². The molecule has 0 unspecified atom stereocenters. The Bertz CT molecular complexity index is 591. The molecule has 2 amide bonds. The van der Waals surface area contributed by atoms with Gasteiger partial charge in [-0.3, -0.25) is 9.59 Å².